The average Bonchev–Trinajstić information content (AvgIpc) is 3.74. The molecule has 2 aliphatic rings. The molecule has 1 fully saturated rings. The van der Waals surface area contributed by atoms with E-state index in [1.807, 2.05) is 66.7 Å². The highest BCUT2D eigenvalue weighted by molar-refractivity contribution is 5.90. The molecule has 2 amide bonds. The number of fused-ring (bicyclic) bond motifs is 3. The van der Waals surface area contributed by atoms with Gasteiger partial charge in [0.2, 0.25) is 5.91 Å². The molecular formula is C31H32N2O6. The van der Waals surface area contributed by atoms with Gasteiger partial charge in [0.25, 0.3) is 0 Å². The number of nitrogens with one attached hydrogen (secondary N) is 2. The maximum atomic E-state index is 13.2. The van der Waals surface area contributed by atoms with E-state index in [9.17, 15) is 19.5 Å². The zero-order chi connectivity index (χ0) is 27.4. The van der Waals surface area contributed by atoms with Crippen LogP contribution in [0.1, 0.15) is 42.4 Å². The number of carboxylic acid groups (broad SMARTS) is 1. The van der Waals surface area contributed by atoms with Crippen LogP contribution in [0.3, 0.4) is 0 Å². The molecule has 3 atom stereocenters. The highest BCUT2D eigenvalue weighted by Crippen LogP contribution is 2.44. The van der Waals surface area contributed by atoms with Crippen molar-refractivity contribution < 1.29 is 29.0 Å². The molecule has 8 nitrogen and oxygen atoms in total. The standard InChI is InChI=1S/C31H32N2O6/c1-19(38-17-20-9-3-2-4-10-20)27(29(34)32-28(30(35)36)21-15-16-21)33-31(37)39-18-26-24-13-7-5-11-22(24)23-12-6-8-14-25(23)26/h2-14,19,21,26-28H,15-18H2,1H3,(H,32,34)(H,33,37)(H,35,36)/t19-,27+,28?/m0/s1. The summed E-state index contributed by atoms with van der Waals surface area (Å²) in [7, 11) is 0. The van der Waals surface area contributed by atoms with Crippen LogP contribution in [-0.4, -0.2) is 47.9 Å². The van der Waals surface area contributed by atoms with Crippen molar-refractivity contribution in [3.8, 4) is 11.1 Å². The van der Waals surface area contributed by atoms with Crippen LogP contribution in [0.5, 0.6) is 0 Å². The predicted octanol–water partition coefficient (Wildman–Crippen LogP) is 4.48. The van der Waals surface area contributed by atoms with Crippen molar-refractivity contribution in [2.75, 3.05) is 6.61 Å². The molecule has 39 heavy (non-hydrogen) atoms. The number of ether oxygens (including phenoxy) is 2. The van der Waals surface area contributed by atoms with E-state index < -0.39 is 36.2 Å². The minimum atomic E-state index is -1.15. The normalized spacial score (nSPS) is 16.3. The smallest absolute Gasteiger partial charge is 0.407 e. The topological polar surface area (TPSA) is 114 Å². The summed E-state index contributed by atoms with van der Waals surface area (Å²) in [6, 6.07) is 23.4. The molecule has 1 unspecified atom stereocenters. The van der Waals surface area contributed by atoms with Crippen molar-refractivity contribution in [2.24, 2.45) is 5.92 Å². The monoisotopic (exact) mass is 528 g/mol. The molecule has 2 aliphatic carbocycles. The van der Waals surface area contributed by atoms with E-state index in [1.54, 1.807) is 6.92 Å². The highest BCUT2D eigenvalue weighted by atomic mass is 16.5. The summed E-state index contributed by atoms with van der Waals surface area (Å²) in [5.74, 6) is -1.96. The van der Waals surface area contributed by atoms with Gasteiger partial charge in [-0.3, -0.25) is 4.79 Å². The Kier molecular flexibility index (Phi) is 7.93. The van der Waals surface area contributed by atoms with E-state index >= 15 is 0 Å². The van der Waals surface area contributed by atoms with E-state index in [-0.39, 0.29) is 25.0 Å². The number of rotatable bonds is 11. The van der Waals surface area contributed by atoms with Gasteiger partial charge < -0.3 is 25.2 Å². The minimum Gasteiger partial charge on any atom is -0.480 e. The van der Waals surface area contributed by atoms with Crippen molar-refractivity contribution in [3.63, 3.8) is 0 Å². The second-order valence-electron chi connectivity index (χ2n) is 10.1. The first-order chi connectivity index (χ1) is 18.9. The molecule has 3 aromatic rings. The number of alkyl carbamates (subject to hydrolysis) is 1. The number of hydrogen-bond acceptors (Lipinski definition) is 5. The zero-order valence-electron chi connectivity index (χ0n) is 21.7. The highest BCUT2D eigenvalue weighted by Gasteiger charge is 2.40. The Morgan fingerprint density at radius 2 is 1.46 bits per heavy atom. The van der Waals surface area contributed by atoms with Gasteiger partial charge >= 0.3 is 12.1 Å². The van der Waals surface area contributed by atoms with Gasteiger partial charge in [0.15, 0.2) is 0 Å². The molecular weight excluding hydrogens is 496 g/mol. The maximum absolute atomic E-state index is 13.2. The molecule has 0 aliphatic heterocycles. The predicted molar refractivity (Wildman–Crippen MR) is 145 cm³/mol. The van der Waals surface area contributed by atoms with Gasteiger partial charge in [-0.15, -0.1) is 0 Å². The number of benzene rings is 3. The van der Waals surface area contributed by atoms with Crippen LogP contribution >= 0.6 is 0 Å². The van der Waals surface area contributed by atoms with Crippen LogP contribution in [0.2, 0.25) is 0 Å². The Labute approximate surface area is 227 Å². The number of carbonyl (C=O) groups excluding carboxylic acids is 2. The third-order valence-corrected chi connectivity index (χ3v) is 7.38. The number of amides is 2. The lowest BCUT2D eigenvalue weighted by Crippen LogP contribution is -2.56. The van der Waals surface area contributed by atoms with Gasteiger partial charge in [-0.05, 0) is 53.5 Å². The van der Waals surface area contributed by atoms with Crippen molar-refractivity contribution in [1.82, 2.24) is 10.6 Å². The Hall–Kier alpha value is -4.17. The van der Waals surface area contributed by atoms with Crippen LogP contribution < -0.4 is 10.6 Å². The van der Waals surface area contributed by atoms with Gasteiger partial charge in [-0.2, -0.15) is 0 Å². The van der Waals surface area contributed by atoms with E-state index in [0.29, 0.717) is 0 Å². The first kappa shape index (κ1) is 26.4. The summed E-state index contributed by atoms with van der Waals surface area (Å²) in [6.07, 6.45) is -0.0476. The first-order valence-corrected chi connectivity index (χ1v) is 13.2. The third-order valence-electron chi connectivity index (χ3n) is 7.38. The van der Waals surface area contributed by atoms with E-state index in [0.717, 1.165) is 40.7 Å². The molecule has 0 bridgehead atoms. The fraction of sp³-hybridized carbons (Fsp3) is 0.323. The molecule has 0 aromatic heterocycles. The van der Waals surface area contributed by atoms with Crippen LogP contribution in [-0.2, 0) is 25.7 Å². The largest absolute Gasteiger partial charge is 0.480 e. The van der Waals surface area contributed by atoms with Gasteiger partial charge in [0, 0.05) is 5.92 Å². The lowest BCUT2D eigenvalue weighted by atomic mass is 9.98. The zero-order valence-corrected chi connectivity index (χ0v) is 21.7. The summed E-state index contributed by atoms with van der Waals surface area (Å²) in [4.78, 5) is 38.0. The quantitative estimate of drug-likeness (QED) is 0.338. The number of carboxylic acids is 1. The fourth-order valence-corrected chi connectivity index (χ4v) is 5.12. The van der Waals surface area contributed by atoms with Crippen molar-refractivity contribution in [2.45, 2.75) is 50.5 Å². The molecule has 8 heteroatoms. The summed E-state index contributed by atoms with van der Waals surface area (Å²) >= 11 is 0. The Bertz CT molecular complexity index is 1290. The van der Waals surface area contributed by atoms with E-state index in [1.165, 1.54) is 0 Å². The second kappa shape index (κ2) is 11.7. The third kappa shape index (κ3) is 6.12. The van der Waals surface area contributed by atoms with Crippen molar-refractivity contribution in [1.29, 1.82) is 0 Å². The SMILES string of the molecule is C[C@H](OCc1ccccc1)[C@@H](NC(=O)OCC1c2ccccc2-c2ccccc21)C(=O)NC(C(=O)O)C1CC1. The molecule has 0 heterocycles. The molecule has 0 saturated heterocycles. The fourth-order valence-electron chi connectivity index (χ4n) is 5.12. The Morgan fingerprint density at radius 1 is 0.872 bits per heavy atom. The van der Waals surface area contributed by atoms with Gasteiger partial charge in [-0.1, -0.05) is 78.9 Å². The Morgan fingerprint density at radius 3 is 2.05 bits per heavy atom. The molecule has 1 saturated carbocycles. The second-order valence-corrected chi connectivity index (χ2v) is 10.1. The first-order valence-electron chi connectivity index (χ1n) is 13.2. The number of carbonyl (C=O) groups is 3. The van der Waals surface area contributed by atoms with Crippen LogP contribution in [0.15, 0.2) is 78.9 Å². The van der Waals surface area contributed by atoms with E-state index in [2.05, 4.69) is 22.8 Å². The van der Waals surface area contributed by atoms with Crippen molar-refractivity contribution >= 4 is 18.0 Å². The van der Waals surface area contributed by atoms with E-state index in [4.69, 9.17) is 9.47 Å². The van der Waals surface area contributed by atoms with Gasteiger partial charge in [-0.25, -0.2) is 9.59 Å². The van der Waals surface area contributed by atoms with Crippen LogP contribution in [0.4, 0.5) is 4.79 Å². The van der Waals surface area contributed by atoms with Crippen LogP contribution in [0.25, 0.3) is 11.1 Å². The lowest BCUT2D eigenvalue weighted by molar-refractivity contribution is -0.143. The minimum absolute atomic E-state index is 0.0906. The maximum Gasteiger partial charge on any atom is 0.407 e. The summed E-state index contributed by atoms with van der Waals surface area (Å²) in [6.45, 7) is 1.99. The lowest BCUT2D eigenvalue weighted by Gasteiger charge is -2.26. The van der Waals surface area contributed by atoms with Crippen LogP contribution in [0, 0.1) is 5.92 Å². The Balaban J connectivity index is 1.27. The van der Waals surface area contributed by atoms with Gasteiger partial charge in [0.05, 0.1) is 12.7 Å². The molecule has 0 radical (unpaired) electrons. The molecule has 3 aromatic carbocycles. The molecule has 3 N–H and O–H groups in total. The van der Waals surface area contributed by atoms with Gasteiger partial charge in [0.1, 0.15) is 18.7 Å². The average molecular weight is 529 g/mol. The number of hydrogen-bond donors (Lipinski definition) is 3. The summed E-state index contributed by atoms with van der Waals surface area (Å²) in [5.41, 5.74) is 5.29. The molecule has 202 valence electrons. The number of aliphatic carboxylic acids is 1. The summed E-state index contributed by atoms with van der Waals surface area (Å²) in [5, 5.41) is 14.8. The summed E-state index contributed by atoms with van der Waals surface area (Å²) < 4.78 is 11.6. The molecule has 0 spiro atoms. The molecule has 5 rings (SSSR count). The van der Waals surface area contributed by atoms with Crippen molar-refractivity contribution in [3.05, 3.63) is 95.6 Å².